The van der Waals surface area contributed by atoms with E-state index in [1.54, 1.807) is 13.0 Å². The average molecular weight is 420 g/mol. The van der Waals surface area contributed by atoms with Crippen molar-refractivity contribution in [2.24, 2.45) is 5.92 Å². The van der Waals surface area contributed by atoms with E-state index < -0.39 is 0 Å². The summed E-state index contributed by atoms with van der Waals surface area (Å²) in [6.07, 6.45) is 4.37. The Kier molecular flexibility index (Phi) is 5.16. The molecule has 1 aromatic carbocycles. The largest absolute Gasteiger partial charge is 0.342 e. The molecule has 1 aromatic heterocycles. The summed E-state index contributed by atoms with van der Waals surface area (Å²) in [5.74, 6) is 0.743. The Bertz CT molecular complexity index is 1070. The van der Waals surface area contributed by atoms with Gasteiger partial charge in [0.1, 0.15) is 0 Å². The van der Waals surface area contributed by atoms with E-state index in [4.69, 9.17) is 0 Å². The smallest absolute Gasteiger partial charge is 0.253 e. The van der Waals surface area contributed by atoms with Gasteiger partial charge in [-0.05, 0) is 60.9 Å². The van der Waals surface area contributed by atoms with Crippen LogP contribution in [0.15, 0.2) is 41.2 Å². The first kappa shape index (κ1) is 20.0. The molecule has 0 saturated carbocycles. The molecule has 2 saturated heterocycles. The highest BCUT2D eigenvalue weighted by molar-refractivity contribution is 5.94. The lowest BCUT2D eigenvalue weighted by molar-refractivity contribution is -0.131. The molecule has 4 heterocycles. The zero-order valence-corrected chi connectivity index (χ0v) is 18.0. The molecule has 2 aromatic rings. The molecule has 0 spiro atoms. The van der Waals surface area contributed by atoms with Crippen LogP contribution >= 0.6 is 0 Å². The van der Waals surface area contributed by atoms with E-state index in [1.165, 1.54) is 6.42 Å². The molecular weight excluding hydrogens is 390 g/mol. The molecular formula is C25H29N3O3. The zero-order valence-electron chi connectivity index (χ0n) is 18.0. The number of nitrogens with zero attached hydrogens (tertiary/aromatic N) is 3. The summed E-state index contributed by atoms with van der Waals surface area (Å²) in [7, 11) is 0. The summed E-state index contributed by atoms with van der Waals surface area (Å²) < 4.78 is 1.90. The molecule has 2 fully saturated rings. The van der Waals surface area contributed by atoms with Crippen LogP contribution < -0.4 is 5.56 Å². The number of carbonyl (C=O) groups is 2. The zero-order chi connectivity index (χ0) is 21.5. The third-order valence-corrected chi connectivity index (χ3v) is 7.11. The van der Waals surface area contributed by atoms with Crippen molar-refractivity contribution in [1.82, 2.24) is 14.4 Å². The van der Waals surface area contributed by atoms with Crippen molar-refractivity contribution in [2.45, 2.75) is 45.1 Å². The highest BCUT2D eigenvalue weighted by atomic mass is 16.2. The number of carbonyl (C=O) groups excluding carboxylic acids is 2. The SMILES string of the molecule is CC(=O)N1C[C@@H]2C[C@H](C1)c1cc(-c3ccc(C(=O)N4CCCCC4)cc3)cc(=O)n1C2. The molecule has 3 aliphatic heterocycles. The molecule has 5 rings (SSSR count). The third-order valence-electron chi connectivity index (χ3n) is 7.11. The predicted molar refractivity (Wildman–Crippen MR) is 119 cm³/mol. The maximum absolute atomic E-state index is 12.9. The van der Waals surface area contributed by atoms with Crippen molar-refractivity contribution in [2.75, 3.05) is 26.2 Å². The van der Waals surface area contributed by atoms with Crippen LogP contribution in [0.5, 0.6) is 0 Å². The molecule has 2 bridgehead atoms. The van der Waals surface area contributed by atoms with Crippen LogP contribution in [0, 0.1) is 5.92 Å². The van der Waals surface area contributed by atoms with Gasteiger partial charge in [-0.2, -0.15) is 0 Å². The topological polar surface area (TPSA) is 62.6 Å². The van der Waals surface area contributed by atoms with Crippen molar-refractivity contribution in [3.63, 3.8) is 0 Å². The van der Waals surface area contributed by atoms with E-state index in [9.17, 15) is 14.4 Å². The minimum Gasteiger partial charge on any atom is -0.342 e. The second-order valence-electron chi connectivity index (χ2n) is 9.27. The van der Waals surface area contributed by atoms with E-state index in [-0.39, 0.29) is 23.3 Å². The lowest BCUT2D eigenvalue weighted by Gasteiger charge is -2.42. The highest BCUT2D eigenvalue weighted by Gasteiger charge is 2.35. The third kappa shape index (κ3) is 3.80. The molecule has 2 atom stereocenters. The number of pyridine rings is 1. The van der Waals surface area contributed by atoms with Crippen LogP contribution in [0.4, 0.5) is 0 Å². The fraction of sp³-hybridized carbons (Fsp3) is 0.480. The number of hydrogen-bond acceptors (Lipinski definition) is 3. The summed E-state index contributed by atoms with van der Waals surface area (Å²) in [6.45, 7) is 5.39. The summed E-state index contributed by atoms with van der Waals surface area (Å²) in [5.41, 5.74) is 3.57. The quantitative estimate of drug-likeness (QED) is 0.751. The Morgan fingerprint density at radius 3 is 2.32 bits per heavy atom. The van der Waals surface area contributed by atoms with E-state index in [2.05, 4.69) is 6.07 Å². The van der Waals surface area contributed by atoms with Gasteiger partial charge in [0.2, 0.25) is 5.91 Å². The monoisotopic (exact) mass is 419 g/mol. The Morgan fingerprint density at radius 2 is 1.61 bits per heavy atom. The van der Waals surface area contributed by atoms with Gasteiger partial charge in [-0.15, -0.1) is 0 Å². The molecule has 2 amide bonds. The maximum Gasteiger partial charge on any atom is 0.253 e. The van der Waals surface area contributed by atoms with Gasteiger partial charge in [-0.3, -0.25) is 14.4 Å². The number of piperidine rings is 2. The summed E-state index contributed by atoms with van der Waals surface area (Å²) >= 11 is 0. The first-order chi connectivity index (χ1) is 15.0. The van der Waals surface area contributed by atoms with Gasteiger partial charge >= 0.3 is 0 Å². The van der Waals surface area contributed by atoms with Crippen molar-refractivity contribution >= 4 is 11.8 Å². The fourth-order valence-corrected chi connectivity index (χ4v) is 5.47. The van der Waals surface area contributed by atoms with Gasteiger partial charge in [0.15, 0.2) is 0 Å². The van der Waals surface area contributed by atoms with E-state index in [0.29, 0.717) is 24.6 Å². The normalized spacial score (nSPS) is 22.7. The Hall–Kier alpha value is -2.89. The molecule has 0 aliphatic carbocycles. The average Bonchev–Trinajstić information content (AvgIpc) is 2.79. The molecule has 6 nitrogen and oxygen atoms in total. The molecule has 0 radical (unpaired) electrons. The van der Waals surface area contributed by atoms with Gasteiger partial charge in [0.05, 0.1) is 0 Å². The Balaban J connectivity index is 1.42. The molecule has 0 unspecified atom stereocenters. The van der Waals surface area contributed by atoms with Gasteiger partial charge in [-0.1, -0.05) is 12.1 Å². The van der Waals surface area contributed by atoms with E-state index >= 15 is 0 Å². The summed E-state index contributed by atoms with van der Waals surface area (Å²) in [4.78, 5) is 41.4. The first-order valence-electron chi connectivity index (χ1n) is 11.4. The Labute approximate surface area is 182 Å². The summed E-state index contributed by atoms with van der Waals surface area (Å²) in [6, 6.07) is 11.4. The van der Waals surface area contributed by atoms with Crippen LogP contribution in [0.1, 0.15) is 54.6 Å². The number of fused-ring (bicyclic) bond motifs is 4. The van der Waals surface area contributed by atoms with E-state index in [1.807, 2.05) is 38.6 Å². The maximum atomic E-state index is 12.9. The second-order valence-corrected chi connectivity index (χ2v) is 9.27. The van der Waals surface area contributed by atoms with Crippen molar-refractivity contribution in [3.8, 4) is 11.1 Å². The number of benzene rings is 1. The molecule has 162 valence electrons. The van der Waals surface area contributed by atoms with Gasteiger partial charge in [0.25, 0.3) is 11.5 Å². The lowest BCUT2D eigenvalue weighted by Crippen LogP contribution is -2.48. The van der Waals surface area contributed by atoms with E-state index in [0.717, 1.165) is 55.7 Å². The lowest BCUT2D eigenvalue weighted by atomic mass is 9.82. The Morgan fingerprint density at radius 1 is 0.871 bits per heavy atom. The highest BCUT2D eigenvalue weighted by Crippen LogP contribution is 2.36. The number of aromatic nitrogens is 1. The van der Waals surface area contributed by atoms with Crippen LogP contribution in [0.3, 0.4) is 0 Å². The van der Waals surface area contributed by atoms with Crippen molar-refractivity contribution < 1.29 is 9.59 Å². The first-order valence-corrected chi connectivity index (χ1v) is 11.4. The minimum absolute atomic E-state index is 0.0203. The van der Waals surface area contributed by atoms with Crippen LogP contribution in [-0.4, -0.2) is 52.4 Å². The van der Waals surface area contributed by atoms with Crippen LogP contribution in [-0.2, 0) is 11.3 Å². The van der Waals surface area contributed by atoms with Gasteiger partial charge < -0.3 is 14.4 Å². The van der Waals surface area contributed by atoms with Gasteiger partial charge in [-0.25, -0.2) is 0 Å². The van der Waals surface area contributed by atoms with Crippen LogP contribution in [0.2, 0.25) is 0 Å². The fourth-order valence-electron chi connectivity index (χ4n) is 5.47. The van der Waals surface area contributed by atoms with Gasteiger partial charge in [0, 0.05) is 62.9 Å². The number of likely N-dealkylation sites (tertiary alicyclic amines) is 2. The minimum atomic E-state index is 0.0203. The standard InChI is InChI=1S/C25H29N3O3/c1-17(29)27-14-18-11-22(16-27)23-12-21(13-24(30)28(23)15-18)19-5-7-20(8-6-19)25(31)26-9-3-2-4-10-26/h5-8,12-13,18,22H,2-4,9-11,14-16H2,1H3/t18-,22+/m0/s1. The molecule has 3 aliphatic rings. The van der Waals surface area contributed by atoms with Crippen molar-refractivity contribution in [3.05, 3.63) is 58.0 Å². The van der Waals surface area contributed by atoms with Crippen molar-refractivity contribution in [1.29, 1.82) is 0 Å². The number of hydrogen-bond donors (Lipinski definition) is 0. The second kappa shape index (κ2) is 7.98. The molecule has 31 heavy (non-hydrogen) atoms. The summed E-state index contributed by atoms with van der Waals surface area (Å²) in [5, 5.41) is 0. The van der Waals surface area contributed by atoms with Crippen LogP contribution in [0.25, 0.3) is 11.1 Å². The predicted octanol–water partition coefficient (Wildman–Crippen LogP) is 3.11. The molecule has 0 N–H and O–H groups in total. The number of amides is 2. The molecule has 6 heteroatoms. The number of rotatable bonds is 2.